The Kier molecular flexibility index (Phi) is 3.95. The maximum Gasteiger partial charge on any atom is 0.271 e. The van der Waals surface area contributed by atoms with Crippen LogP contribution in [0.15, 0.2) is 12.4 Å². The number of aliphatic hydroxyl groups excluding tert-OH is 1. The first-order valence-electron chi connectivity index (χ1n) is 5.12. The number of amides is 1. The van der Waals surface area contributed by atoms with Gasteiger partial charge in [0.05, 0.1) is 11.9 Å². The summed E-state index contributed by atoms with van der Waals surface area (Å²) in [5.41, 5.74) is 0.736. The summed E-state index contributed by atoms with van der Waals surface area (Å²) in [6.45, 7) is 5.97. The van der Waals surface area contributed by atoms with Gasteiger partial charge in [-0.1, -0.05) is 13.8 Å². The number of aryl methyl sites for hydroxylation is 1. The van der Waals surface area contributed by atoms with Crippen molar-refractivity contribution in [3.05, 3.63) is 23.8 Å². The molecule has 0 spiro atoms. The molecule has 0 bridgehead atoms. The first-order valence-corrected chi connectivity index (χ1v) is 5.12. The molecule has 0 saturated heterocycles. The van der Waals surface area contributed by atoms with Gasteiger partial charge in [0, 0.05) is 24.8 Å². The zero-order chi connectivity index (χ0) is 12.2. The number of aliphatic hydroxyl groups is 1. The molecule has 0 fully saturated rings. The predicted octanol–water partition coefficient (Wildman–Crippen LogP) is 0.533. The highest BCUT2D eigenvalue weighted by Crippen LogP contribution is 2.11. The summed E-state index contributed by atoms with van der Waals surface area (Å²) in [7, 11) is 0. The highest BCUT2D eigenvalue weighted by Gasteiger charge is 2.18. The Hall–Kier alpha value is -1.49. The highest BCUT2D eigenvalue weighted by atomic mass is 16.3. The van der Waals surface area contributed by atoms with Crippen LogP contribution in [0.3, 0.4) is 0 Å². The Balaban J connectivity index is 2.56. The van der Waals surface area contributed by atoms with E-state index in [0.717, 1.165) is 5.69 Å². The molecule has 1 heterocycles. The third-order valence-electron chi connectivity index (χ3n) is 2.17. The van der Waals surface area contributed by atoms with E-state index in [1.807, 2.05) is 20.8 Å². The quantitative estimate of drug-likeness (QED) is 0.781. The Bertz CT molecular complexity index is 360. The van der Waals surface area contributed by atoms with Crippen molar-refractivity contribution in [1.82, 2.24) is 15.3 Å². The van der Waals surface area contributed by atoms with Crippen molar-refractivity contribution in [3.63, 3.8) is 0 Å². The zero-order valence-corrected chi connectivity index (χ0v) is 9.82. The first kappa shape index (κ1) is 12.6. The van der Waals surface area contributed by atoms with Gasteiger partial charge in [-0.3, -0.25) is 9.78 Å². The lowest BCUT2D eigenvalue weighted by Crippen LogP contribution is -2.36. The van der Waals surface area contributed by atoms with Gasteiger partial charge in [-0.2, -0.15) is 0 Å². The number of rotatable bonds is 4. The van der Waals surface area contributed by atoms with Crippen molar-refractivity contribution < 1.29 is 9.90 Å². The van der Waals surface area contributed by atoms with E-state index in [9.17, 15) is 4.79 Å². The summed E-state index contributed by atoms with van der Waals surface area (Å²) in [5, 5.41) is 11.7. The smallest absolute Gasteiger partial charge is 0.271 e. The monoisotopic (exact) mass is 223 g/mol. The van der Waals surface area contributed by atoms with E-state index in [1.54, 1.807) is 6.20 Å². The lowest BCUT2D eigenvalue weighted by molar-refractivity contribution is 0.0905. The van der Waals surface area contributed by atoms with Gasteiger partial charge in [0.2, 0.25) is 0 Å². The van der Waals surface area contributed by atoms with Crippen LogP contribution in [0.25, 0.3) is 0 Å². The van der Waals surface area contributed by atoms with E-state index < -0.39 is 0 Å². The van der Waals surface area contributed by atoms with Crippen molar-refractivity contribution >= 4 is 5.91 Å². The molecule has 0 aliphatic heterocycles. The minimum Gasteiger partial charge on any atom is -0.396 e. The summed E-state index contributed by atoms with van der Waals surface area (Å²) in [6.07, 6.45) is 2.99. The molecule has 5 heteroatoms. The molecule has 0 saturated carbocycles. The van der Waals surface area contributed by atoms with Crippen LogP contribution in [-0.2, 0) is 0 Å². The van der Waals surface area contributed by atoms with Crippen LogP contribution in [0.4, 0.5) is 0 Å². The molecule has 0 aromatic carbocycles. The molecule has 1 rings (SSSR count). The molecule has 5 nitrogen and oxygen atoms in total. The molecule has 16 heavy (non-hydrogen) atoms. The summed E-state index contributed by atoms with van der Waals surface area (Å²) in [4.78, 5) is 19.6. The molecule has 1 aromatic heterocycles. The van der Waals surface area contributed by atoms with Crippen molar-refractivity contribution in [2.45, 2.75) is 20.8 Å². The maximum atomic E-state index is 11.6. The zero-order valence-electron chi connectivity index (χ0n) is 9.82. The van der Waals surface area contributed by atoms with Crippen LogP contribution in [0.5, 0.6) is 0 Å². The second-order valence-corrected chi connectivity index (χ2v) is 4.55. The van der Waals surface area contributed by atoms with Crippen LogP contribution >= 0.6 is 0 Å². The van der Waals surface area contributed by atoms with Crippen LogP contribution in [0.2, 0.25) is 0 Å². The van der Waals surface area contributed by atoms with Crippen molar-refractivity contribution in [2.75, 3.05) is 13.2 Å². The second-order valence-electron chi connectivity index (χ2n) is 4.55. The maximum absolute atomic E-state index is 11.6. The van der Waals surface area contributed by atoms with E-state index in [-0.39, 0.29) is 17.9 Å². The third kappa shape index (κ3) is 3.58. The van der Waals surface area contributed by atoms with E-state index in [4.69, 9.17) is 5.11 Å². The molecule has 88 valence electrons. The highest BCUT2D eigenvalue weighted by molar-refractivity contribution is 5.91. The molecule has 0 unspecified atom stereocenters. The average molecular weight is 223 g/mol. The van der Waals surface area contributed by atoms with Gasteiger partial charge < -0.3 is 10.4 Å². The fourth-order valence-electron chi connectivity index (χ4n) is 0.976. The lowest BCUT2D eigenvalue weighted by Gasteiger charge is -2.21. The van der Waals surface area contributed by atoms with Gasteiger partial charge in [-0.25, -0.2) is 4.98 Å². The molecule has 1 aromatic rings. The molecule has 0 atom stereocenters. The molecule has 1 amide bonds. The van der Waals surface area contributed by atoms with E-state index in [1.165, 1.54) is 6.20 Å². The minimum absolute atomic E-state index is 0.0207. The summed E-state index contributed by atoms with van der Waals surface area (Å²) >= 11 is 0. The Morgan fingerprint density at radius 1 is 1.44 bits per heavy atom. The van der Waals surface area contributed by atoms with Crippen LogP contribution in [0.1, 0.15) is 30.0 Å². The molecule has 0 aliphatic carbocycles. The molecular formula is C11H17N3O2. The summed E-state index contributed by atoms with van der Waals surface area (Å²) < 4.78 is 0. The second kappa shape index (κ2) is 5.03. The molecular weight excluding hydrogens is 206 g/mol. The summed E-state index contributed by atoms with van der Waals surface area (Å²) in [5.74, 6) is -0.269. The van der Waals surface area contributed by atoms with Gasteiger partial charge in [0.25, 0.3) is 5.91 Å². The van der Waals surface area contributed by atoms with Crippen molar-refractivity contribution in [3.8, 4) is 0 Å². The predicted molar refractivity (Wildman–Crippen MR) is 60.0 cm³/mol. The molecule has 0 aliphatic rings. The first-order chi connectivity index (χ1) is 7.44. The topological polar surface area (TPSA) is 75.1 Å². The van der Waals surface area contributed by atoms with Crippen molar-refractivity contribution in [2.24, 2.45) is 5.41 Å². The lowest BCUT2D eigenvalue weighted by atomic mass is 9.95. The minimum atomic E-state index is -0.326. The van der Waals surface area contributed by atoms with Crippen LogP contribution in [-0.4, -0.2) is 34.1 Å². The van der Waals surface area contributed by atoms with Gasteiger partial charge in [-0.15, -0.1) is 0 Å². The van der Waals surface area contributed by atoms with Gasteiger partial charge in [-0.05, 0) is 6.92 Å². The van der Waals surface area contributed by atoms with Gasteiger partial charge in [0.1, 0.15) is 5.69 Å². The SMILES string of the molecule is Cc1cnc(C(=O)NCC(C)(C)CO)cn1. The van der Waals surface area contributed by atoms with E-state index in [0.29, 0.717) is 12.2 Å². The Morgan fingerprint density at radius 3 is 2.62 bits per heavy atom. The normalized spacial score (nSPS) is 11.2. The fraction of sp³-hybridized carbons (Fsp3) is 0.545. The summed E-state index contributed by atoms with van der Waals surface area (Å²) in [6, 6.07) is 0. The van der Waals surface area contributed by atoms with Gasteiger partial charge >= 0.3 is 0 Å². The average Bonchev–Trinajstić information content (AvgIpc) is 2.27. The number of nitrogens with zero attached hydrogens (tertiary/aromatic N) is 2. The van der Waals surface area contributed by atoms with Gasteiger partial charge in [0.15, 0.2) is 0 Å². The van der Waals surface area contributed by atoms with E-state index in [2.05, 4.69) is 15.3 Å². The third-order valence-corrected chi connectivity index (χ3v) is 2.17. The Labute approximate surface area is 94.9 Å². The number of aromatic nitrogens is 2. The number of nitrogens with one attached hydrogen (secondary N) is 1. The van der Waals surface area contributed by atoms with Crippen molar-refractivity contribution in [1.29, 1.82) is 0 Å². The molecule has 0 radical (unpaired) electrons. The molecule has 2 N–H and O–H groups in total. The number of hydrogen-bond donors (Lipinski definition) is 2. The Morgan fingerprint density at radius 2 is 2.12 bits per heavy atom. The van der Waals surface area contributed by atoms with Crippen LogP contribution < -0.4 is 5.32 Å². The number of carbonyl (C=O) groups is 1. The standard InChI is InChI=1S/C11H17N3O2/c1-8-4-13-9(5-12-8)10(16)14-6-11(2,3)7-15/h4-5,15H,6-7H2,1-3H3,(H,14,16). The fourth-order valence-corrected chi connectivity index (χ4v) is 0.976. The van der Waals surface area contributed by atoms with Crippen LogP contribution in [0, 0.1) is 12.3 Å². The number of hydrogen-bond acceptors (Lipinski definition) is 4. The number of carbonyl (C=O) groups excluding carboxylic acids is 1. The van der Waals surface area contributed by atoms with E-state index >= 15 is 0 Å². The largest absolute Gasteiger partial charge is 0.396 e.